The van der Waals surface area contributed by atoms with E-state index in [-0.39, 0.29) is 21.9 Å². The lowest BCUT2D eigenvalue weighted by atomic mass is 9.52. The predicted octanol–water partition coefficient (Wildman–Crippen LogP) is 11.1. The molecule has 5 aliphatic carbocycles. The monoisotopic (exact) mass is 627 g/mol. The number of ether oxygens (including phenoxy) is 1. The summed E-state index contributed by atoms with van der Waals surface area (Å²) in [5, 5.41) is 9.89. The second-order valence-corrected chi connectivity index (χ2v) is 17.1. The maximum absolute atomic E-state index is 9.89. The summed E-state index contributed by atoms with van der Waals surface area (Å²) in [6, 6.07) is 7.19. The lowest BCUT2D eigenvalue weighted by Gasteiger charge is -2.54. The van der Waals surface area contributed by atoms with Crippen LogP contribution in [0.25, 0.3) is 10.9 Å². The Morgan fingerprint density at radius 3 is 2.15 bits per heavy atom. The van der Waals surface area contributed by atoms with Crippen LogP contribution in [-0.4, -0.2) is 13.1 Å². The molecule has 0 spiro atoms. The Labute approximate surface area is 283 Å². The Balaban J connectivity index is 1.13. The van der Waals surface area contributed by atoms with Gasteiger partial charge in [-0.05, 0) is 151 Å². The molecule has 5 saturated carbocycles. The molecule has 5 fully saturated rings. The molecule has 0 N–H and O–H groups in total. The Morgan fingerprint density at radius 2 is 1.57 bits per heavy atom. The van der Waals surface area contributed by atoms with Crippen LogP contribution in [0.5, 0.6) is 0 Å². The number of anilines is 1. The molecule has 0 saturated heterocycles. The minimum atomic E-state index is 0.0192. The van der Waals surface area contributed by atoms with Gasteiger partial charge in [-0.25, -0.2) is 10.1 Å². The van der Waals surface area contributed by atoms with Crippen molar-refractivity contribution in [3.63, 3.8) is 0 Å². The fraction of sp³-hybridized carbons (Fsp3) is 0.628. The van der Waals surface area contributed by atoms with Crippen LogP contribution in [-0.2, 0) is 15.6 Å². The van der Waals surface area contributed by atoms with Crippen molar-refractivity contribution < 1.29 is 4.74 Å². The van der Waals surface area contributed by atoms with Crippen LogP contribution in [0.2, 0.25) is 0 Å². The molecule has 4 nitrogen and oxygen atoms in total. The van der Waals surface area contributed by atoms with Crippen molar-refractivity contribution >= 4 is 11.8 Å². The van der Waals surface area contributed by atoms with Crippen molar-refractivity contribution in [2.24, 2.45) is 22.7 Å². The number of allylic oxidation sites excluding steroid dienone is 6. The van der Waals surface area contributed by atoms with E-state index in [2.05, 4.69) is 60.9 Å². The smallest absolute Gasteiger partial charge is 0.269 e. The number of unbranched alkanes of at least 4 members (excludes halogenated alkanes) is 2. The number of nitrogens with zero attached hydrogens (tertiary/aromatic N) is 3. The summed E-state index contributed by atoms with van der Waals surface area (Å²) >= 11 is 0. The van der Waals surface area contributed by atoms with Gasteiger partial charge in [0.25, 0.3) is 5.70 Å². The molecular weight excluding hydrogens is 574 g/mol. The zero-order valence-corrected chi connectivity index (χ0v) is 29.1. The van der Waals surface area contributed by atoms with Crippen LogP contribution in [0.4, 0.5) is 5.69 Å². The molecule has 0 radical (unpaired) electrons. The molecule has 0 amide bonds. The van der Waals surface area contributed by atoms with E-state index in [1.54, 1.807) is 16.8 Å². The highest BCUT2D eigenvalue weighted by molar-refractivity contribution is 5.73. The topological polar surface area (TPSA) is 40.6 Å². The Hall–Kier alpha value is -3.24. The van der Waals surface area contributed by atoms with E-state index in [4.69, 9.17) is 11.3 Å². The molecule has 1 aromatic rings. The van der Waals surface area contributed by atoms with Gasteiger partial charge in [-0.15, -0.1) is 0 Å². The highest BCUT2D eigenvalue weighted by atomic mass is 16.5. The third kappa shape index (κ3) is 4.87. The number of nitriles is 1. The Morgan fingerprint density at radius 1 is 0.936 bits per heavy atom. The summed E-state index contributed by atoms with van der Waals surface area (Å²) in [5.41, 5.74) is 7.92. The Bertz CT molecular complexity index is 1580. The van der Waals surface area contributed by atoms with Gasteiger partial charge in [-0.3, -0.25) is 0 Å². The molecule has 0 aromatic heterocycles. The van der Waals surface area contributed by atoms with Gasteiger partial charge >= 0.3 is 0 Å². The zero-order chi connectivity index (χ0) is 32.4. The highest BCUT2D eigenvalue weighted by Crippen LogP contribution is 2.63. The molecule has 9 rings (SSSR count). The van der Waals surface area contributed by atoms with Crippen molar-refractivity contribution in [3.8, 4) is 6.07 Å². The molecule has 8 aliphatic rings. The van der Waals surface area contributed by atoms with Gasteiger partial charge in [0, 0.05) is 24.2 Å². The number of hydrogen-bond donors (Lipinski definition) is 0. The van der Waals surface area contributed by atoms with E-state index in [9.17, 15) is 5.26 Å². The minimum absolute atomic E-state index is 0.0192. The summed E-state index contributed by atoms with van der Waals surface area (Å²) in [7, 11) is 0. The lowest BCUT2D eigenvalue weighted by molar-refractivity contribution is -0.0195. The summed E-state index contributed by atoms with van der Waals surface area (Å²) in [4.78, 5) is 6.42. The van der Waals surface area contributed by atoms with Gasteiger partial charge in [0.05, 0.1) is 12.6 Å². The number of fused-ring (bicyclic) bond motifs is 7. The van der Waals surface area contributed by atoms with Gasteiger partial charge in [0.1, 0.15) is 11.5 Å². The third-order valence-electron chi connectivity index (χ3n) is 14.8. The molecule has 246 valence electrons. The average Bonchev–Trinajstić information content (AvgIpc) is 3.68. The molecule has 4 atom stereocenters. The van der Waals surface area contributed by atoms with Gasteiger partial charge in [0.15, 0.2) is 0 Å². The van der Waals surface area contributed by atoms with Crippen LogP contribution in [0.3, 0.4) is 0 Å². The standard InChI is InChI=1S/C43H53N3O/c1-5-6-7-16-42-17-20-43(21-18-42,22-19-42)38-26-31(37(27-44)45-4)25-34(47-38)13-12-30-23-35-39-36(24-30)41(3)15-9-11-33(41)29-46(39)28-32-10-8-14-40(32,35)2/h12-13,23-26,32-33H,5-11,14-22,28-29H2,1-3H3/b13-12+,37-31+. The normalized spacial score (nSPS) is 37.7. The van der Waals surface area contributed by atoms with E-state index in [0.717, 1.165) is 42.6 Å². The van der Waals surface area contributed by atoms with Gasteiger partial charge in [0.2, 0.25) is 0 Å². The first-order valence-corrected chi connectivity index (χ1v) is 19.0. The lowest BCUT2D eigenvalue weighted by Crippen LogP contribution is -2.52. The van der Waals surface area contributed by atoms with Gasteiger partial charge < -0.3 is 9.64 Å². The minimum Gasteiger partial charge on any atom is -0.461 e. The molecule has 2 bridgehead atoms. The first-order valence-electron chi connectivity index (χ1n) is 19.0. The van der Waals surface area contributed by atoms with E-state index >= 15 is 0 Å². The second-order valence-electron chi connectivity index (χ2n) is 17.1. The van der Waals surface area contributed by atoms with Crippen LogP contribution in [0, 0.1) is 40.6 Å². The van der Waals surface area contributed by atoms with Crippen molar-refractivity contribution in [1.82, 2.24) is 0 Å². The summed E-state index contributed by atoms with van der Waals surface area (Å²) in [6.45, 7) is 17.6. The average molecular weight is 628 g/mol. The fourth-order valence-electron chi connectivity index (χ4n) is 11.6. The largest absolute Gasteiger partial charge is 0.461 e. The maximum atomic E-state index is 9.89. The van der Waals surface area contributed by atoms with E-state index in [0.29, 0.717) is 11.0 Å². The predicted molar refractivity (Wildman–Crippen MR) is 190 cm³/mol. The number of rotatable bonds is 7. The summed E-state index contributed by atoms with van der Waals surface area (Å²) in [5.74, 6) is 3.24. The summed E-state index contributed by atoms with van der Waals surface area (Å²) in [6.07, 6.45) is 28.9. The molecule has 1 aromatic carbocycles. The van der Waals surface area contributed by atoms with Crippen molar-refractivity contribution in [3.05, 3.63) is 81.3 Å². The quantitative estimate of drug-likeness (QED) is 0.172. The number of hydrogen-bond acceptors (Lipinski definition) is 3. The van der Waals surface area contributed by atoms with Gasteiger partial charge in [-0.2, -0.15) is 0 Å². The van der Waals surface area contributed by atoms with Crippen LogP contribution < -0.4 is 4.90 Å². The molecule has 3 aliphatic heterocycles. The molecule has 4 unspecified atom stereocenters. The van der Waals surface area contributed by atoms with Crippen LogP contribution >= 0.6 is 0 Å². The highest BCUT2D eigenvalue weighted by Gasteiger charge is 2.54. The number of benzene rings is 1. The Kier molecular flexibility index (Phi) is 7.55. The van der Waals surface area contributed by atoms with Crippen LogP contribution in [0.15, 0.2) is 53.1 Å². The molecular formula is C43H53N3O. The van der Waals surface area contributed by atoms with Crippen molar-refractivity contribution in [2.75, 3.05) is 18.0 Å². The summed E-state index contributed by atoms with van der Waals surface area (Å²) < 4.78 is 6.82. The van der Waals surface area contributed by atoms with E-state index in [1.165, 1.54) is 102 Å². The molecule has 3 heterocycles. The zero-order valence-electron chi connectivity index (χ0n) is 29.1. The fourth-order valence-corrected chi connectivity index (χ4v) is 11.6. The van der Waals surface area contributed by atoms with E-state index < -0.39 is 0 Å². The first kappa shape index (κ1) is 31.1. The van der Waals surface area contributed by atoms with Gasteiger partial charge in [-0.1, -0.05) is 59.0 Å². The molecule has 4 heteroatoms. The maximum Gasteiger partial charge on any atom is 0.269 e. The third-order valence-corrected chi connectivity index (χ3v) is 14.8. The van der Waals surface area contributed by atoms with Crippen molar-refractivity contribution in [2.45, 2.75) is 134 Å². The first-order chi connectivity index (χ1) is 22.7. The molecule has 47 heavy (non-hydrogen) atoms. The van der Waals surface area contributed by atoms with Crippen molar-refractivity contribution in [1.29, 1.82) is 5.26 Å². The van der Waals surface area contributed by atoms with E-state index in [1.807, 2.05) is 12.2 Å². The second kappa shape index (κ2) is 11.4. The SMILES string of the molecule is [C-]#[N+]/C(C#N)=C1C=C(/C=C/c2cc3c4c(c2)C2(C)CCCC2CN4CC2CCCC32C)OC(C23CCC(CCCCC)(CC2)CC3)=C\1. The van der Waals surface area contributed by atoms with Crippen LogP contribution in [0.1, 0.15) is 140 Å².